The molecular formula is C19H16BrNO4S2. The maximum Gasteiger partial charge on any atom is 0.229 e. The first kappa shape index (κ1) is 18.3. The fourth-order valence-electron chi connectivity index (χ4n) is 3.20. The second-order valence-corrected chi connectivity index (χ2v) is 10.4. The van der Waals surface area contributed by atoms with E-state index in [2.05, 4.69) is 20.7 Å². The summed E-state index contributed by atoms with van der Waals surface area (Å²) in [5, 5.41) is 0. The molecule has 1 aliphatic heterocycles. The Morgan fingerprint density at radius 2 is 2.00 bits per heavy atom. The molecule has 8 heteroatoms. The smallest absolute Gasteiger partial charge is 0.229 e. The van der Waals surface area contributed by atoms with Gasteiger partial charge in [-0.25, -0.2) is 8.42 Å². The number of fused-ring (bicyclic) bond motifs is 3. The van der Waals surface area contributed by atoms with Crippen LogP contribution in [0.25, 0.3) is 11.1 Å². The first-order chi connectivity index (χ1) is 12.9. The second kappa shape index (κ2) is 6.85. The minimum Gasteiger partial charge on any atom is -0.496 e. The molecule has 0 saturated carbocycles. The molecule has 0 fully saturated rings. The molecule has 3 aromatic rings. The number of anilines is 1. The largest absolute Gasteiger partial charge is 0.496 e. The van der Waals surface area contributed by atoms with Crippen LogP contribution in [0.2, 0.25) is 0 Å². The van der Waals surface area contributed by atoms with E-state index in [1.165, 1.54) is 0 Å². The van der Waals surface area contributed by atoms with Gasteiger partial charge in [0, 0.05) is 11.3 Å². The Labute approximate surface area is 170 Å². The predicted octanol–water partition coefficient (Wildman–Crippen LogP) is 5.04. The van der Waals surface area contributed by atoms with Crippen molar-refractivity contribution >= 4 is 43.0 Å². The van der Waals surface area contributed by atoms with Crippen LogP contribution in [0.5, 0.6) is 11.5 Å². The molecule has 0 saturated heterocycles. The fraction of sp³-hybridized carbons (Fsp3) is 0.158. The molecule has 1 N–H and O–H groups in total. The molecule has 2 aromatic carbocycles. The van der Waals surface area contributed by atoms with E-state index >= 15 is 0 Å². The second-order valence-electron chi connectivity index (χ2n) is 6.15. The van der Waals surface area contributed by atoms with Gasteiger partial charge in [0.25, 0.3) is 0 Å². The zero-order valence-corrected chi connectivity index (χ0v) is 17.7. The monoisotopic (exact) mass is 465 g/mol. The standard InChI is InChI=1S/C19H16BrNO4S2/c1-24-14-4-3-5-15-18(14)12-7-6-11(21-27(2,22)23)10-13(12)19(25-15)16-8-9-17(20)26-16/h3-10,19,21H,1-2H3. The summed E-state index contributed by atoms with van der Waals surface area (Å²) < 4.78 is 38.7. The quantitative estimate of drug-likeness (QED) is 0.585. The van der Waals surface area contributed by atoms with E-state index in [1.807, 2.05) is 42.5 Å². The summed E-state index contributed by atoms with van der Waals surface area (Å²) >= 11 is 5.08. The van der Waals surface area contributed by atoms with Crippen LogP contribution in [0.4, 0.5) is 5.69 Å². The first-order valence-corrected chi connectivity index (χ1v) is 11.6. The van der Waals surface area contributed by atoms with Crippen LogP contribution in [-0.4, -0.2) is 21.8 Å². The van der Waals surface area contributed by atoms with Gasteiger partial charge in [-0.1, -0.05) is 12.1 Å². The lowest BCUT2D eigenvalue weighted by Crippen LogP contribution is -2.16. The maximum atomic E-state index is 11.7. The van der Waals surface area contributed by atoms with Crippen molar-refractivity contribution in [1.82, 2.24) is 0 Å². The summed E-state index contributed by atoms with van der Waals surface area (Å²) in [6.07, 6.45) is 0.798. The average molecular weight is 466 g/mol. The fourth-order valence-corrected chi connectivity index (χ4v) is 5.23. The molecule has 4 rings (SSSR count). The third-order valence-electron chi connectivity index (χ3n) is 4.21. The third kappa shape index (κ3) is 3.56. The minimum atomic E-state index is -3.38. The van der Waals surface area contributed by atoms with Gasteiger partial charge in [0.05, 0.1) is 27.6 Å². The predicted molar refractivity (Wildman–Crippen MR) is 111 cm³/mol. The van der Waals surface area contributed by atoms with Crippen LogP contribution in [0, 0.1) is 0 Å². The molecule has 0 aliphatic carbocycles. The average Bonchev–Trinajstić information content (AvgIpc) is 3.05. The van der Waals surface area contributed by atoms with E-state index in [-0.39, 0.29) is 6.10 Å². The molecule has 2 heterocycles. The highest BCUT2D eigenvalue weighted by atomic mass is 79.9. The maximum absolute atomic E-state index is 11.7. The Hall–Kier alpha value is -2.03. The van der Waals surface area contributed by atoms with E-state index < -0.39 is 10.0 Å². The lowest BCUT2D eigenvalue weighted by Gasteiger charge is -2.29. The Bertz CT molecular complexity index is 1120. The molecule has 1 unspecified atom stereocenters. The van der Waals surface area contributed by atoms with Gasteiger partial charge in [-0.2, -0.15) is 0 Å². The van der Waals surface area contributed by atoms with Crippen molar-refractivity contribution in [3.8, 4) is 22.6 Å². The van der Waals surface area contributed by atoms with Crippen molar-refractivity contribution in [2.75, 3.05) is 18.1 Å². The number of halogens is 1. The van der Waals surface area contributed by atoms with E-state index in [9.17, 15) is 8.42 Å². The molecule has 140 valence electrons. The highest BCUT2D eigenvalue weighted by Crippen LogP contribution is 2.50. The van der Waals surface area contributed by atoms with E-state index in [1.54, 1.807) is 24.5 Å². The molecule has 0 spiro atoms. The zero-order chi connectivity index (χ0) is 19.2. The number of thiophene rings is 1. The number of hydrogen-bond acceptors (Lipinski definition) is 5. The van der Waals surface area contributed by atoms with Gasteiger partial charge < -0.3 is 9.47 Å². The van der Waals surface area contributed by atoms with Crippen molar-refractivity contribution < 1.29 is 17.9 Å². The highest BCUT2D eigenvalue weighted by molar-refractivity contribution is 9.11. The van der Waals surface area contributed by atoms with Crippen LogP contribution >= 0.6 is 27.3 Å². The molecule has 1 atom stereocenters. The lowest BCUT2D eigenvalue weighted by molar-refractivity contribution is 0.246. The van der Waals surface area contributed by atoms with E-state index in [0.717, 1.165) is 37.4 Å². The summed E-state index contributed by atoms with van der Waals surface area (Å²) in [7, 11) is -1.75. The number of sulfonamides is 1. The molecular weight excluding hydrogens is 450 g/mol. The molecule has 27 heavy (non-hydrogen) atoms. The van der Waals surface area contributed by atoms with Gasteiger partial charge in [0.15, 0.2) is 6.10 Å². The van der Waals surface area contributed by atoms with E-state index in [4.69, 9.17) is 9.47 Å². The van der Waals surface area contributed by atoms with Gasteiger partial charge in [-0.15, -0.1) is 11.3 Å². The molecule has 1 aliphatic rings. The van der Waals surface area contributed by atoms with Crippen molar-refractivity contribution in [3.63, 3.8) is 0 Å². The number of ether oxygens (including phenoxy) is 2. The van der Waals surface area contributed by atoms with Crippen LogP contribution in [0.1, 0.15) is 16.5 Å². The lowest BCUT2D eigenvalue weighted by atomic mass is 9.91. The van der Waals surface area contributed by atoms with Crippen LogP contribution in [-0.2, 0) is 10.0 Å². The normalized spacial score (nSPS) is 15.4. The van der Waals surface area contributed by atoms with Crippen molar-refractivity contribution in [2.45, 2.75) is 6.10 Å². The van der Waals surface area contributed by atoms with Gasteiger partial charge in [-0.05, 0) is 57.9 Å². The van der Waals surface area contributed by atoms with Gasteiger partial charge >= 0.3 is 0 Å². The van der Waals surface area contributed by atoms with Gasteiger partial charge in [0.1, 0.15) is 11.5 Å². The summed E-state index contributed by atoms with van der Waals surface area (Å²) in [5.74, 6) is 1.45. The molecule has 0 bridgehead atoms. The molecule has 0 radical (unpaired) electrons. The number of rotatable bonds is 4. The number of hydrogen-bond donors (Lipinski definition) is 1. The third-order valence-corrected chi connectivity index (χ3v) is 6.49. The molecule has 1 aromatic heterocycles. The minimum absolute atomic E-state index is 0.336. The number of nitrogens with one attached hydrogen (secondary N) is 1. The zero-order valence-electron chi connectivity index (χ0n) is 14.5. The highest BCUT2D eigenvalue weighted by Gasteiger charge is 2.31. The topological polar surface area (TPSA) is 64.6 Å². The van der Waals surface area contributed by atoms with Crippen molar-refractivity contribution in [1.29, 1.82) is 0 Å². The van der Waals surface area contributed by atoms with Crippen molar-refractivity contribution in [2.24, 2.45) is 0 Å². The van der Waals surface area contributed by atoms with Gasteiger partial charge in [-0.3, -0.25) is 4.72 Å². The Morgan fingerprint density at radius 1 is 1.19 bits per heavy atom. The molecule has 0 amide bonds. The Kier molecular flexibility index (Phi) is 4.65. The Morgan fingerprint density at radius 3 is 2.67 bits per heavy atom. The van der Waals surface area contributed by atoms with Crippen LogP contribution in [0.3, 0.4) is 0 Å². The molecule has 5 nitrogen and oxygen atoms in total. The van der Waals surface area contributed by atoms with Crippen molar-refractivity contribution in [3.05, 3.63) is 62.8 Å². The summed E-state index contributed by atoms with van der Waals surface area (Å²) in [4.78, 5) is 1.02. The van der Waals surface area contributed by atoms with E-state index in [0.29, 0.717) is 11.4 Å². The number of benzene rings is 2. The van der Waals surface area contributed by atoms with Gasteiger partial charge in [0.2, 0.25) is 10.0 Å². The summed E-state index contributed by atoms with van der Waals surface area (Å²) in [6.45, 7) is 0. The Balaban J connectivity index is 1.92. The first-order valence-electron chi connectivity index (χ1n) is 8.07. The van der Waals surface area contributed by atoms with Crippen LogP contribution < -0.4 is 14.2 Å². The SMILES string of the molecule is COc1cccc2c1-c1ccc(NS(C)(=O)=O)cc1C(c1ccc(Br)s1)O2. The van der Waals surface area contributed by atoms with Crippen LogP contribution in [0.15, 0.2) is 52.3 Å². The summed E-state index contributed by atoms with van der Waals surface area (Å²) in [5.41, 5.74) is 3.21. The summed E-state index contributed by atoms with van der Waals surface area (Å²) in [6, 6.07) is 15.2. The number of methoxy groups -OCH3 is 1.